The van der Waals surface area contributed by atoms with Crippen LogP contribution in [0.2, 0.25) is 0 Å². The van der Waals surface area contributed by atoms with Gasteiger partial charge in [-0.15, -0.1) is 11.3 Å². The van der Waals surface area contributed by atoms with Gasteiger partial charge in [-0.05, 0) is 61.7 Å². The summed E-state index contributed by atoms with van der Waals surface area (Å²) in [6.07, 6.45) is 5.64. The Kier molecular flexibility index (Phi) is 5.62. The van der Waals surface area contributed by atoms with Crippen molar-refractivity contribution in [1.29, 1.82) is 0 Å². The summed E-state index contributed by atoms with van der Waals surface area (Å²) in [4.78, 5) is 25.6. The molecule has 2 N–H and O–H groups in total. The van der Waals surface area contributed by atoms with Crippen LogP contribution in [0.25, 0.3) is 10.1 Å². The third-order valence-electron chi connectivity index (χ3n) is 5.41. The number of fused-ring (bicyclic) bond motifs is 1. The van der Waals surface area contributed by atoms with Crippen molar-refractivity contribution in [2.45, 2.75) is 45.1 Å². The number of thiophene rings is 1. The molecule has 3 aromatic rings. The zero-order valence-electron chi connectivity index (χ0n) is 16.3. The normalized spacial score (nSPS) is 14.7. The van der Waals surface area contributed by atoms with Gasteiger partial charge >= 0.3 is 0 Å². The van der Waals surface area contributed by atoms with Crippen molar-refractivity contribution < 1.29 is 14.0 Å². The number of hydrogen-bond acceptors (Lipinski definition) is 3. The third-order valence-corrected chi connectivity index (χ3v) is 6.51. The summed E-state index contributed by atoms with van der Waals surface area (Å²) in [6, 6.07) is 11.9. The topological polar surface area (TPSA) is 58.2 Å². The fraction of sp³-hybridized carbons (Fsp3) is 0.304. The molecule has 0 spiro atoms. The van der Waals surface area contributed by atoms with Crippen LogP contribution in [0.1, 0.15) is 57.7 Å². The SMILES string of the molecule is Cc1cc(C(=O)NC2CCCCC2)ccc1NC(=O)c1cc2c(F)cccc2s1. The second kappa shape index (κ2) is 8.33. The molecule has 0 radical (unpaired) electrons. The average Bonchev–Trinajstić information content (AvgIpc) is 3.16. The monoisotopic (exact) mass is 410 g/mol. The van der Waals surface area contributed by atoms with Crippen molar-refractivity contribution in [2.24, 2.45) is 0 Å². The van der Waals surface area contributed by atoms with Gasteiger partial charge in [0.1, 0.15) is 5.82 Å². The number of rotatable bonds is 4. The van der Waals surface area contributed by atoms with Crippen molar-refractivity contribution in [3.8, 4) is 0 Å². The number of aryl methyl sites for hydroxylation is 1. The molecule has 2 aromatic carbocycles. The summed E-state index contributed by atoms with van der Waals surface area (Å²) < 4.78 is 14.6. The number of nitrogens with one attached hydrogen (secondary N) is 2. The Balaban J connectivity index is 1.46. The van der Waals surface area contributed by atoms with Gasteiger partial charge in [-0.25, -0.2) is 4.39 Å². The maximum atomic E-state index is 13.9. The van der Waals surface area contributed by atoms with E-state index in [1.165, 1.54) is 23.8 Å². The lowest BCUT2D eigenvalue weighted by molar-refractivity contribution is 0.0927. The number of benzene rings is 2. The lowest BCUT2D eigenvalue weighted by atomic mass is 9.95. The highest BCUT2D eigenvalue weighted by molar-refractivity contribution is 7.20. The van der Waals surface area contributed by atoms with Crippen LogP contribution in [-0.4, -0.2) is 17.9 Å². The van der Waals surface area contributed by atoms with Gasteiger partial charge in [0, 0.05) is 27.4 Å². The van der Waals surface area contributed by atoms with E-state index in [-0.39, 0.29) is 23.7 Å². The van der Waals surface area contributed by atoms with Crippen molar-refractivity contribution in [3.05, 3.63) is 64.3 Å². The van der Waals surface area contributed by atoms with Crippen LogP contribution >= 0.6 is 11.3 Å². The molecule has 29 heavy (non-hydrogen) atoms. The first-order valence-corrected chi connectivity index (χ1v) is 10.7. The predicted octanol–water partition coefficient (Wildman–Crippen LogP) is 5.66. The number of anilines is 1. The molecule has 0 atom stereocenters. The fourth-order valence-corrected chi connectivity index (χ4v) is 4.75. The van der Waals surface area contributed by atoms with Gasteiger partial charge < -0.3 is 10.6 Å². The Labute approximate surface area is 173 Å². The van der Waals surface area contributed by atoms with Crippen LogP contribution in [0.15, 0.2) is 42.5 Å². The number of carbonyl (C=O) groups is 2. The quantitative estimate of drug-likeness (QED) is 0.583. The van der Waals surface area contributed by atoms with E-state index in [4.69, 9.17) is 0 Å². The summed E-state index contributed by atoms with van der Waals surface area (Å²) in [7, 11) is 0. The van der Waals surface area contributed by atoms with Gasteiger partial charge in [0.15, 0.2) is 0 Å². The first kappa shape index (κ1) is 19.6. The van der Waals surface area contributed by atoms with Crippen LogP contribution in [0.3, 0.4) is 0 Å². The van der Waals surface area contributed by atoms with Crippen molar-refractivity contribution in [2.75, 3.05) is 5.32 Å². The Morgan fingerprint density at radius 3 is 2.55 bits per heavy atom. The minimum Gasteiger partial charge on any atom is -0.349 e. The van der Waals surface area contributed by atoms with Crippen LogP contribution in [-0.2, 0) is 0 Å². The summed E-state index contributed by atoms with van der Waals surface area (Å²) in [5.41, 5.74) is 2.04. The van der Waals surface area contributed by atoms with E-state index in [1.54, 1.807) is 36.4 Å². The number of amides is 2. The van der Waals surface area contributed by atoms with Gasteiger partial charge in [-0.1, -0.05) is 25.3 Å². The summed E-state index contributed by atoms with van der Waals surface area (Å²) in [5, 5.41) is 6.43. The summed E-state index contributed by atoms with van der Waals surface area (Å²) in [5.74, 6) is -0.687. The van der Waals surface area contributed by atoms with Gasteiger partial charge in [0.25, 0.3) is 11.8 Å². The first-order valence-electron chi connectivity index (χ1n) is 9.92. The zero-order chi connectivity index (χ0) is 20.4. The summed E-state index contributed by atoms with van der Waals surface area (Å²) >= 11 is 1.26. The molecule has 1 aliphatic carbocycles. The molecule has 0 aliphatic heterocycles. The molecular formula is C23H23FN2O2S. The summed E-state index contributed by atoms with van der Waals surface area (Å²) in [6.45, 7) is 1.86. The number of hydrogen-bond donors (Lipinski definition) is 2. The van der Waals surface area contributed by atoms with Crippen LogP contribution in [0.4, 0.5) is 10.1 Å². The Morgan fingerprint density at radius 1 is 1.03 bits per heavy atom. The third kappa shape index (κ3) is 4.32. The smallest absolute Gasteiger partial charge is 0.265 e. The minimum atomic E-state index is -0.331. The van der Waals surface area contributed by atoms with E-state index in [0.717, 1.165) is 35.9 Å². The van der Waals surface area contributed by atoms with Gasteiger partial charge in [0.2, 0.25) is 0 Å². The van der Waals surface area contributed by atoms with Crippen LogP contribution in [0, 0.1) is 12.7 Å². The van der Waals surface area contributed by atoms with Gasteiger partial charge in [-0.2, -0.15) is 0 Å². The molecule has 0 bridgehead atoms. The Morgan fingerprint density at radius 2 is 1.83 bits per heavy atom. The molecule has 4 rings (SSSR count). The molecule has 6 heteroatoms. The van der Waals surface area contributed by atoms with E-state index in [2.05, 4.69) is 10.6 Å². The Bertz CT molecular complexity index is 1070. The predicted molar refractivity (Wildman–Crippen MR) is 115 cm³/mol. The lowest BCUT2D eigenvalue weighted by Crippen LogP contribution is -2.36. The van der Waals surface area contributed by atoms with E-state index in [0.29, 0.717) is 21.5 Å². The zero-order valence-corrected chi connectivity index (χ0v) is 17.1. The Hall–Kier alpha value is -2.73. The van der Waals surface area contributed by atoms with Gasteiger partial charge in [0.05, 0.1) is 4.88 Å². The van der Waals surface area contributed by atoms with Crippen LogP contribution < -0.4 is 10.6 Å². The molecule has 4 nitrogen and oxygen atoms in total. The first-order chi connectivity index (χ1) is 14.0. The highest BCUT2D eigenvalue weighted by Crippen LogP contribution is 2.28. The lowest BCUT2D eigenvalue weighted by Gasteiger charge is -2.23. The minimum absolute atomic E-state index is 0.0714. The van der Waals surface area contributed by atoms with Crippen molar-refractivity contribution in [3.63, 3.8) is 0 Å². The highest BCUT2D eigenvalue weighted by atomic mass is 32.1. The van der Waals surface area contributed by atoms with Crippen molar-refractivity contribution >= 4 is 38.9 Å². The molecule has 0 unspecified atom stereocenters. The average molecular weight is 411 g/mol. The maximum absolute atomic E-state index is 13.9. The standard InChI is InChI=1S/C23H23FN2O2S/c1-14-12-15(22(27)25-16-6-3-2-4-7-16)10-11-19(14)26-23(28)21-13-17-18(24)8-5-9-20(17)29-21/h5,8-13,16H,2-4,6-7H2,1H3,(H,25,27)(H,26,28). The molecule has 1 saturated carbocycles. The molecule has 0 saturated heterocycles. The highest BCUT2D eigenvalue weighted by Gasteiger charge is 2.18. The number of halogens is 1. The molecule has 1 fully saturated rings. The van der Waals surface area contributed by atoms with Crippen molar-refractivity contribution in [1.82, 2.24) is 5.32 Å². The van der Waals surface area contributed by atoms with Gasteiger partial charge in [-0.3, -0.25) is 9.59 Å². The van der Waals surface area contributed by atoms with E-state index in [1.807, 2.05) is 6.92 Å². The van der Waals surface area contributed by atoms with Crippen LogP contribution in [0.5, 0.6) is 0 Å². The molecule has 1 aliphatic rings. The van der Waals surface area contributed by atoms with E-state index < -0.39 is 0 Å². The molecular weight excluding hydrogens is 387 g/mol. The molecule has 150 valence electrons. The number of carbonyl (C=O) groups excluding carboxylic acids is 2. The van der Waals surface area contributed by atoms with E-state index in [9.17, 15) is 14.0 Å². The molecule has 2 amide bonds. The second-order valence-corrected chi connectivity index (χ2v) is 8.64. The van der Waals surface area contributed by atoms with E-state index >= 15 is 0 Å². The largest absolute Gasteiger partial charge is 0.349 e. The second-order valence-electron chi connectivity index (χ2n) is 7.55. The molecule has 1 aromatic heterocycles. The maximum Gasteiger partial charge on any atom is 0.265 e. The fourth-order valence-electron chi connectivity index (χ4n) is 3.78. The molecule has 1 heterocycles.